The molecule has 0 aromatic rings. The highest BCUT2D eigenvalue weighted by Gasteiger charge is 2.50. The van der Waals surface area contributed by atoms with E-state index in [1.165, 1.54) is 20.8 Å². The maximum atomic E-state index is 12.9. The minimum absolute atomic E-state index is 0.112. The Kier molecular flexibility index (Phi) is 4.55. The van der Waals surface area contributed by atoms with E-state index in [0.717, 1.165) is 0 Å². The maximum absolute atomic E-state index is 12.9. The van der Waals surface area contributed by atoms with Gasteiger partial charge in [-0.3, -0.25) is 9.69 Å². The van der Waals surface area contributed by atoms with Crippen molar-refractivity contribution in [2.45, 2.75) is 51.4 Å². The van der Waals surface area contributed by atoms with E-state index in [1.807, 2.05) is 0 Å². The Balaban J connectivity index is 2.92. The van der Waals surface area contributed by atoms with Gasteiger partial charge in [0.25, 0.3) is 0 Å². The highest BCUT2D eigenvalue weighted by Crippen LogP contribution is 2.34. The Morgan fingerprint density at radius 1 is 1.20 bits per heavy atom. The van der Waals surface area contributed by atoms with Crippen LogP contribution in [0.2, 0.25) is 0 Å². The van der Waals surface area contributed by atoms with Crippen LogP contribution in [0.3, 0.4) is 0 Å². The van der Waals surface area contributed by atoms with Gasteiger partial charge in [0, 0.05) is 6.54 Å². The molecule has 0 aliphatic carbocycles. The molecule has 116 valence electrons. The lowest BCUT2D eigenvalue weighted by Gasteiger charge is -2.39. The number of alkyl halides is 3. The fraction of sp³-hybridized carbons (Fsp3) is 0.833. The molecule has 8 heteroatoms. The van der Waals surface area contributed by atoms with Crippen molar-refractivity contribution >= 4 is 12.1 Å². The zero-order valence-electron chi connectivity index (χ0n) is 11.5. The van der Waals surface area contributed by atoms with E-state index in [0.29, 0.717) is 4.90 Å². The van der Waals surface area contributed by atoms with Crippen LogP contribution in [0, 0.1) is 5.92 Å². The first-order valence-electron chi connectivity index (χ1n) is 6.21. The second-order valence-corrected chi connectivity index (χ2v) is 5.80. The van der Waals surface area contributed by atoms with Crippen LogP contribution >= 0.6 is 0 Å². The smallest absolute Gasteiger partial charge is 0.410 e. The fourth-order valence-corrected chi connectivity index (χ4v) is 2.04. The average Bonchev–Trinajstić information content (AvgIpc) is 2.24. The summed E-state index contributed by atoms with van der Waals surface area (Å²) in [4.78, 5) is 23.2. The van der Waals surface area contributed by atoms with Crippen LogP contribution < -0.4 is 0 Å². The van der Waals surface area contributed by atoms with Gasteiger partial charge >= 0.3 is 18.2 Å². The van der Waals surface area contributed by atoms with Gasteiger partial charge in [-0.25, -0.2) is 4.79 Å². The van der Waals surface area contributed by atoms with Crippen LogP contribution in [-0.2, 0) is 9.53 Å². The zero-order chi connectivity index (χ0) is 15.7. The molecule has 1 heterocycles. The molecule has 0 spiro atoms. The molecular formula is C12H18F3NO4. The molecule has 1 aliphatic heterocycles. The van der Waals surface area contributed by atoms with Crippen molar-refractivity contribution in [1.29, 1.82) is 0 Å². The number of carboxylic acids is 1. The highest BCUT2D eigenvalue weighted by atomic mass is 19.4. The summed E-state index contributed by atoms with van der Waals surface area (Å²) in [5, 5.41) is 8.90. The number of ether oxygens (including phenoxy) is 1. The molecule has 2 atom stereocenters. The minimum atomic E-state index is -4.60. The number of aliphatic carboxylic acids is 1. The number of amides is 1. The topological polar surface area (TPSA) is 66.8 Å². The predicted octanol–water partition coefficient (Wildman–Crippen LogP) is 2.65. The van der Waals surface area contributed by atoms with Crippen molar-refractivity contribution in [2.24, 2.45) is 5.92 Å². The van der Waals surface area contributed by atoms with Crippen LogP contribution in [-0.4, -0.2) is 46.4 Å². The van der Waals surface area contributed by atoms with Crippen molar-refractivity contribution in [3.05, 3.63) is 0 Å². The average molecular weight is 297 g/mol. The first-order valence-corrected chi connectivity index (χ1v) is 6.21. The number of halogens is 3. The van der Waals surface area contributed by atoms with Gasteiger partial charge in [-0.05, 0) is 33.6 Å². The van der Waals surface area contributed by atoms with Crippen LogP contribution in [0.1, 0.15) is 33.6 Å². The molecule has 0 aromatic heterocycles. The third kappa shape index (κ3) is 4.28. The van der Waals surface area contributed by atoms with E-state index in [2.05, 4.69) is 0 Å². The number of likely N-dealkylation sites (tertiary alicyclic amines) is 1. The molecule has 1 rings (SSSR count). The molecule has 5 nitrogen and oxygen atoms in total. The Bertz CT molecular complexity index is 389. The molecule has 0 radical (unpaired) electrons. The number of nitrogens with zero attached hydrogens (tertiary/aromatic N) is 1. The molecule has 0 unspecified atom stereocenters. The van der Waals surface area contributed by atoms with E-state index in [9.17, 15) is 22.8 Å². The second-order valence-electron chi connectivity index (χ2n) is 5.80. The summed E-state index contributed by atoms with van der Waals surface area (Å²) in [5.74, 6) is -2.21. The largest absolute Gasteiger partial charge is 0.481 e. The van der Waals surface area contributed by atoms with Crippen LogP contribution in [0.15, 0.2) is 0 Å². The molecule has 1 fully saturated rings. The number of carboxylic acid groups (broad SMARTS) is 1. The number of hydrogen-bond acceptors (Lipinski definition) is 3. The van der Waals surface area contributed by atoms with E-state index in [1.54, 1.807) is 0 Å². The molecule has 1 amide bonds. The van der Waals surface area contributed by atoms with Crippen LogP contribution in [0.5, 0.6) is 0 Å². The molecule has 0 saturated carbocycles. The Morgan fingerprint density at radius 3 is 2.15 bits per heavy atom. The summed E-state index contributed by atoms with van der Waals surface area (Å²) in [6.07, 6.45) is -6.27. The van der Waals surface area contributed by atoms with E-state index in [-0.39, 0.29) is 6.42 Å². The van der Waals surface area contributed by atoms with Crippen molar-refractivity contribution in [3.8, 4) is 0 Å². The third-order valence-electron chi connectivity index (χ3n) is 2.94. The van der Waals surface area contributed by atoms with Gasteiger partial charge in [-0.1, -0.05) is 0 Å². The normalized spacial score (nSPS) is 24.4. The number of hydrogen-bond donors (Lipinski definition) is 1. The van der Waals surface area contributed by atoms with Gasteiger partial charge in [-0.2, -0.15) is 13.2 Å². The fourth-order valence-electron chi connectivity index (χ4n) is 2.04. The van der Waals surface area contributed by atoms with Gasteiger partial charge in [0.15, 0.2) is 0 Å². The highest BCUT2D eigenvalue weighted by molar-refractivity contribution is 5.73. The number of carbonyl (C=O) groups is 2. The molecular weight excluding hydrogens is 279 g/mol. The standard InChI is InChI=1S/C12H18F3NO4/c1-11(2,3)20-10(19)16-6-7(9(17)18)4-5-8(16)12(13,14)15/h7-8H,4-6H2,1-3H3,(H,17,18)/t7-,8-/m0/s1. The quantitative estimate of drug-likeness (QED) is 0.808. The maximum Gasteiger partial charge on any atom is 0.410 e. The summed E-state index contributed by atoms with van der Waals surface area (Å²) in [5.41, 5.74) is -0.941. The Hall–Kier alpha value is -1.47. The summed E-state index contributed by atoms with van der Waals surface area (Å²) >= 11 is 0. The van der Waals surface area contributed by atoms with Crippen molar-refractivity contribution in [2.75, 3.05) is 6.54 Å². The Morgan fingerprint density at radius 2 is 1.75 bits per heavy atom. The summed E-state index contributed by atoms with van der Waals surface area (Å²) < 4.78 is 43.7. The second kappa shape index (κ2) is 5.49. The van der Waals surface area contributed by atoms with Gasteiger partial charge in [0.2, 0.25) is 0 Å². The molecule has 20 heavy (non-hydrogen) atoms. The first-order chi connectivity index (χ1) is 8.92. The van der Waals surface area contributed by atoms with Gasteiger partial charge in [0.05, 0.1) is 5.92 Å². The molecule has 1 N–H and O–H groups in total. The van der Waals surface area contributed by atoms with Crippen LogP contribution in [0.4, 0.5) is 18.0 Å². The molecule has 1 saturated heterocycles. The summed E-state index contributed by atoms with van der Waals surface area (Å²) in [6.45, 7) is 4.11. The van der Waals surface area contributed by atoms with Crippen LogP contribution in [0.25, 0.3) is 0 Å². The lowest BCUT2D eigenvalue weighted by atomic mass is 9.93. The SMILES string of the molecule is CC(C)(C)OC(=O)N1C[C@@H](C(=O)O)CC[C@H]1C(F)(F)F. The number of piperidine rings is 1. The lowest BCUT2D eigenvalue weighted by molar-refractivity contribution is -0.193. The van der Waals surface area contributed by atoms with Gasteiger partial charge in [-0.15, -0.1) is 0 Å². The Labute approximate surface area is 114 Å². The summed E-state index contributed by atoms with van der Waals surface area (Å²) in [6, 6.07) is -1.99. The molecule has 1 aliphatic rings. The molecule has 0 bridgehead atoms. The lowest BCUT2D eigenvalue weighted by Crippen LogP contribution is -2.55. The monoisotopic (exact) mass is 297 g/mol. The third-order valence-corrected chi connectivity index (χ3v) is 2.94. The minimum Gasteiger partial charge on any atom is -0.481 e. The van der Waals surface area contributed by atoms with Crippen molar-refractivity contribution < 1.29 is 32.6 Å². The molecule has 0 aromatic carbocycles. The van der Waals surface area contributed by atoms with Gasteiger partial charge < -0.3 is 9.84 Å². The van der Waals surface area contributed by atoms with Gasteiger partial charge in [0.1, 0.15) is 11.6 Å². The van der Waals surface area contributed by atoms with E-state index >= 15 is 0 Å². The van der Waals surface area contributed by atoms with Crippen molar-refractivity contribution in [3.63, 3.8) is 0 Å². The zero-order valence-corrected chi connectivity index (χ0v) is 11.5. The van der Waals surface area contributed by atoms with E-state index < -0.39 is 48.8 Å². The number of rotatable bonds is 1. The number of carbonyl (C=O) groups excluding carboxylic acids is 1. The van der Waals surface area contributed by atoms with E-state index in [4.69, 9.17) is 9.84 Å². The first kappa shape index (κ1) is 16.6. The predicted molar refractivity (Wildman–Crippen MR) is 63.1 cm³/mol. The summed E-state index contributed by atoms with van der Waals surface area (Å²) in [7, 11) is 0. The van der Waals surface area contributed by atoms with Crippen molar-refractivity contribution in [1.82, 2.24) is 4.90 Å².